The van der Waals surface area contributed by atoms with Crippen molar-refractivity contribution in [2.24, 2.45) is 5.73 Å². The first-order chi connectivity index (χ1) is 5.52. The lowest BCUT2D eigenvalue weighted by molar-refractivity contribution is 0.506. The SMILES string of the molecule is C[C@@H](N)c1cc(F)c(F)cc1N. The molecule has 1 rings (SSSR count). The van der Waals surface area contributed by atoms with Gasteiger partial charge in [-0.1, -0.05) is 0 Å². The summed E-state index contributed by atoms with van der Waals surface area (Å²) in [6.07, 6.45) is 0. The number of halogens is 2. The highest BCUT2D eigenvalue weighted by atomic mass is 19.2. The Balaban J connectivity index is 3.23. The maximum Gasteiger partial charge on any atom is 0.160 e. The number of nitrogens with two attached hydrogens (primary N) is 2. The van der Waals surface area contributed by atoms with Crippen LogP contribution < -0.4 is 11.5 Å². The van der Waals surface area contributed by atoms with Gasteiger partial charge >= 0.3 is 0 Å². The minimum absolute atomic E-state index is 0.184. The van der Waals surface area contributed by atoms with E-state index < -0.39 is 11.6 Å². The van der Waals surface area contributed by atoms with Crippen LogP contribution in [0, 0.1) is 11.6 Å². The lowest BCUT2D eigenvalue weighted by Gasteiger charge is -2.09. The van der Waals surface area contributed by atoms with E-state index in [1.807, 2.05) is 0 Å². The first-order valence-electron chi connectivity index (χ1n) is 3.52. The Morgan fingerprint density at radius 3 is 2.25 bits per heavy atom. The molecule has 0 aliphatic rings. The summed E-state index contributed by atoms with van der Waals surface area (Å²) in [5.74, 6) is -1.87. The number of hydrogen-bond donors (Lipinski definition) is 2. The van der Waals surface area contributed by atoms with E-state index in [9.17, 15) is 8.78 Å². The van der Waals surface area contributed by atoms with Gasteiger partial charge < -0.3 is 11.5 Å². The van der Waals surface area contributed by atoms with E-state index in [-0.39, 0.29) is 11.7 Å². The van der Waals surface area contributed by atoms with Crippen LogP contribution in [-0.4, -0.2) is 0 Å². The Hall–Kier alpha value is -1.16. The Morgan fingerprint density at radius 2 is 1.75 bits per heavy atom. The summed E-state index contributed by atoms with van der Waals surface area (Å²) in [6.45, 7) is 1.66. The predicted octanol–water partition coefficient (Wildman–Crippen LogP) is 1.57. The van der Waals surface area contributed by atoms with Gasteiger partial charge in [0.25, 0.3) is 0 Å². The van der Waals surface area contributed by atoms with Gasteiger partial charge in [-0.3, -0.25) is 0 Å². The Kier molecular flexibility index (Phi) is 2.28. The standard InChI is InChI=1S/C8H10F2N2/c1-4(11)5-2-6(9)7(10)3-8(5)12/h2-4H,11-12H2,1H3/t4-/m1/s1. The molecule has 0 heterocycles. The van der Waals surface area contributed by atoms with Crippen LogP contribution >= 0.6 is 0 Å². The molecule has 4 N–H and O–H groups in total. The van der Waals surface area contributed by atoms with Crippen molar-refractivity contribution in [1.29, 1.82) is 0 Å². The number of hydrogen-bond acceptors (Lipinski definition) is 2. The Bertz CT molecular complexity index is 297. The minimum atomic E-state index is -0.947. The van der Waals surface area contributed by atoms with Crippen molar-refractivity contribution in [2.45, 2.75) is 13.0 Å². The molecule has 1 atom stereocenters. The monoisotopic (exact) mass is 172 g/mol. The number of rotatable bonds is 1. The average Bonchev–Trinajstić information content (AvgIpc) is 1.96. The Morgan fingerprint density at radius 1 is 1.25 bits per heavy atom. The highest BCUT2D eigenvalue weighted by molar-refractivity contribution is 5.48. The van der Waals surface area contributed by atoms with Crippen LogP contribution in [0.2, 0.25) is 0 Å². The molecule has 0 radical (unpaired) electrons. The summed E-state index contributed by atoms with van der Waals surface area (Å²) in [6, 6.07) is 1.57. The molecule has 0 aliphatic heterocycles. The largest absolute Gasteiger partial charge is 0.398 e. The van der Waals surface area contributed by atoms with Crippen molar-refractivity contribution in [3.63, 3.8) is 0 Å². The molecule has 0 spiro atoms. The molecule has 0 bridgehead atoms. The first kappa shape index (κ1) is 8.93. The first-order valence-corrected chi connectivity index (χ1v) is 3.52. The highest BCUT2D eigenvalue weighted by Crippen LogP contribution is 2.21. The summed E-state index contributed by atoms with van der Waals surface area (Å²) >= 11 is 0. The Labute approximate surface area is 69.2 Å². The summed E-state index contributed by atoms with van der Waals surface area (Å²) in [5, 5.41) is 0. The molecular formula is C8H10F2N2. The van der Waals surface area contributed by atoms with Crippen molar-refractivity contribution < 1.29 is 8.78 Å². The van der Waals surface area contributed by atoms with E-state index >= 15 is 0 Å². The molecule has 0 amide bonds. The van der Waals surface area contributed by atoms with E-state index in [1.165, 1.54) is 0 Å². The third-order valence-corrected chi connectivity index (χ3v) is 1.62. The second-order valence-corrected chi connectivity index (χ2v) is 2.68. The van der Waals surface area contributed by atoms with Crippen molar-refractivity contribution in [2.75, 3.05) is 5.73 Å². The number of benzene rings is 1. The van der Waals surface area contributed by atoms with Crippen LogP contribution in [0.5, 0.6) is 0 Å². The van der Waals surface area contributed by atoms with Crippen LogP contribution in [0.3, 0.4) is 0 Å². The molecule has 1 aromatic carbocycles. The van der Waals surface area contributed by atoms with Crippen molar-refractivity contribution in [1.82, 2.24) is 0 Å². The van der Waals surface area contributed by atoms with Gasteiger partial charge in [-0.2, -0.15) is 0 Å². The zero-order valence-corrected chi connectivity index (χ0v) is 6.64. The van der Waals surface area contributed by atoms with Crippen LogP contribution in [-0.2, 0) is 0 Å². The van der Waals surface area contributed by atoms with Gasteiger partial charge in [-0.05, 0) is 18.6 Å². The molecule has 2 nitrogen and oxygen atoms in total. The molecule has 0 aromatic heterocycles. The third-order valence-electron chi connectivity index (χ3n) is 1.62. The smallest absolute Gasteiger partial charge is 0.160 e. The molecule has 1 aromatic rings. The number of anilines is 1. The molecule has 4 heteroatoms. The van der Waals surface area contributed by atoms with Crippen LogP contribution in [0.15, 0.2) is 12.1 Å². The van der Waals surface area contributed by atoms with Crippen LogP contribution in [0.1, 0.15) is 18.5 Å². The summed E-state index contributed by atoms with van der Waals surface area (Å²) in [5.41, 5.74) is 11.5. The van der Waals surface area contributed by atoms with E-state index in [2.05, 4.69) is 0 Å². The van der Waals surface area contributed by atoms with Gasteiger partial charge in [0.05, 0.1) is 0 Å². The molecule has 12 heavy (non-hydrogen) atoms. The molecule has 0 saturated heterocycles. The van der Waals surface area contributed by atoms with E-state index in [0.29, 0.717) is 5.56 Å². The molecule has 0 unspecified atom stereocenters. The lowest BCUT2D eigenvalue weighted by atomic mass is 10.1. The van der Waals surface area contributed by atoms with E-state index in [1.54, 1.807) is 6.92 Å². The second-order valence-electron chi connectivity index (χ2n) is 2.68. The normalized spacial score (nSPS) is 13.0. The molecule has 0 aliphatic carbocycles. The molecule has 0 fully saturated rings. The maximum atomic E-state index is 12.6. The second kappa shape index (κ2) is 3.06. The lowest BCUT2D eigenvalue weighted by Crippen LogP contribution is -2.09. The zero-order valence-electron chi connectivity index (χ0n) is 6.64. The predicted molar refractivity (Wildman–Crippen MR) is 43.4 cm³/mol. The summed E-state index contributed by atoms with van der Waals surface area (Å²) in [4.78, 5) is 0. The van der Waals surface area contributed by atoms with Gasteiger partial charge in [-0.25, -0.2) is 8.78 Å². The minimum Gasteiger partial charge on any atom is -0.398 e. The fourth-order valence-corrected chi connectivity index (χ4v) is 0.972. The van der Waals surface area contributed by atoms with E-state index in [4.69, 9.17) is 11.5 Å². The van der Waals surface area contributed by atoms with Crippen molar-refractivity contribution >= 4 is 5.69 Å². The van der Waals surface area contributed by atoms with Gasteiger partial charge in [0.1, 0.15) is 0 Å². The fourth-order valence-electron chi connectivity index (χ4n) is 0.972. The average molecular weight is 172 g/mol. The quantitative estimate of drug-likeness (QED) is 0.631. The topological polar surface area (TPSA) is 52.0 Å². The summed E-state index contributed by atoms with van der Waals surface area (Å²) in [7, 11) is 0. The zero-order chi connectivity index (χ0) is 9.30. The van der Waals surface area contributed by atoms with Crippen molar-refractivity contribution in [3.05, 3.63) is 29.3 Å². The van der Waals surface area contributed by atoms with Gasteiger partial charge in [0.2, 0.25) is 0 Å². The van der Waals surface area contributed by atoms with Crippen LogP contribution in [0.4, 0.5) is 14.5 Å². The van der Waals surface area contributed by atoms with Crippen LogP contribution in [0.25, 0.3) is 0 Å². The summed E-state index contributed by atoms with van der Waals surface area (Å²) < 4.78 is 25.2. The van der Waals surface area contributed by atoms with E-state index in [0.717, 1.165) is 12.1 Å². The molecule has 66 valence electrons. The molecular weight excluding hydrogens is 162 g/mol. The third kappa shape index (κ3) is 1.53. The highest BCUT2D eigenvalue weighted by Gasteiger charge is 2.09. The van der Waals surface area contributed by atoms with Gasteiger partial charge in [0.15, 0.2) is 11.6 Å². The van der Waals surface area contributed by atoms with Gasteiger partial charge in [-0.15, -0.1) is 0 Å². The molecule has 0 saturated carbocycles. The maximum absolute atomic E-state index is 12.6. The number of nitrogen functional groups attached to an aromatic ring is 1. The van der Waals surface area contributed by atoms with Crippen molar-refractivity contribution in [3.8, 4) is 0 Å². The van der Waals surface area contributed by atoms with Gasteiger partial charge in [0, 0.05) is 17.8 Å². The fraction of sp³-hybridized carbons (Fsp3) is 0.250.